The van der Waals surface area contributed by atoms with Crippen molar-refractivity contribution in [1.29, 1.82) is 0 Å². The molecule has 0 bridgehead atoms. The summed E-state index contributed by atoms with van der Waals surface area (Å²) in [7, 11) is 0. The molecule has 0 spiro atoms. The Labute approximate surface area is 153 Å². The Morgan fingerprint density at radius 2 is 1.96 bits per heavy atom. The van der Waals surface area contributed by atoms with Crippen LogP contribution in [0.15, 0.2) is 45.5 Å². The van der Waals surface area contributed by atoms with E-state index in [-0.39, 0.29) is 17.9 Å². The van der Waals surface area contributed by atoms with E-state index in [2.05, 4.69) is 21.2 Å². The highest BCUT2D eigenvalue weighted by molar-refractivity contribution is 9.10. The minimum atomic E-state index is -0.141. The van der Waals surface area contributed by atoms with Gasteiger partial charge < -0.3 is 14.6 Å². The highest BCUT2D eigenvalue weighted by atomic mass is 79.9. The third-order valence-corrected chi connectivity index (χ3v) is 4.65. The summed E-state index contributed by atoms with van der Waals surface area (Å²) in [5.41, 5.74) is 0.543. The van der Waals surface area contributed by atoms with E-state index in [0.717, 1.165) is 0 Å². The number of nitrogens with zero attached hydrogens (tertiary/aromatic N) is 1. The predicted molar refractivity (Wildman–Crippen MR) is 94.3 cm³/mol. The van der Waals surface area contributed by atoms with Gasteiger partial charge in [-0.05, 0) is 59.1 Å². The second kappa shape index (κ2) is 7.40. The number of benzene rings is 1. The number of likely N-dealkylation sites (tertiary alicyclic amines) is 1. The summed E-state index contributed by atoms with van der Waals surface area (Å²) >= 11 is 9.10. The number of carbonyl (C=O) groups is 2. The van der Waals surface area contributed by atoms with Gasteiger partial charge in [-0.1, -0.05) is 17.7 Å². The normalized spacial score (nSPS) is 15.3. The minimum Gasteiger partial charge on any atom is -0.444 e. The molecule has 1 saturated heterocycles. The lowest BCUT2D eigenvalue weighted by Gasteiger charge is -2.31. The van der Waals surface area contributed by atoms with Crippen LogP contribution in [0, 0.1) is 0 Å². The first-order chi connectivity index (χ1) is 11.5. The Hall–Kier alpha value is -1.79. The van der Waals surface area contributed by atoms with Crippen LogP contribution in [-0.2, 0) is 0 Å². The maximum atomic E-state index is 12.3. The van der Waals surface area contributed by atoms with Crippen LogP contribution in [0.2, 0.25) is 5.02 Å². The van der Waals surface area contributed by atoms with Gasteiger partial charge in [0, 0.05) is 29.7 Å². The molecular weight excluding hydrogens is 396 g/mol. The summed E-state index contributed by atoms with van der Waals surface area (Å²) in [5.74, 6) is 0.0563. The maximum Gasteiger partial charge on any atom is 0.289 e. The maximum absolute atomic E-state index is 12.3. The number of hydrogen-bond acceptors (Lipinski definition) is 3. The van der Waals surface area contributed by atoms with Crippen LogP contribution in [0.1, 0.15) is 33.8 Å². The van der Waals surface area contributed by atoms with E-state index >= 15 is 0 Å². The zero-order valence-electron chi connectivity index (χ0n) is 12.8. The number of carbonyl (C=O) groups excluding carboxylic acids is 2. The fourth-order valence-corrected chi connectivity index (χ4v) is 3.21. The topological polar surface area (TPSA) is 62.6 Å². The molecule has 1 aliphatic heterocycles. The standard InChI is InChI=1S/C17H16BrClN2O3/c18-15-5-4-14(24-15)17(23)21-8-6-13(7-9-21)20-16(22)11-2-1-3-12(19)10-11/h1-5,10,13H,6-9H2,(H,20,22). The number of hydrogen-bond donors (Lipinski definition) is 1. The smallest absolute Gasteiger partial charge is 0.289 e. The van der Waals surface area contributed by atoms with Gasteiger partial charge in [-0.25, -0.2) is 0 Å². The van der Waals surface area contributed by atoms with E-state index in [9.17, 15) is 9.59 Å². The molecule has 1 fully saturated rings. The van der Waals surface area contributed by atoms with Crippen LogP contribution in [0.3, 0.4) is 0 Å². The lowest BCUT2D eigenvalue weighted by atomic mass is 10.0. The molecule has 5 nitrogen and oxygen atoms in total. The number of piperidine rings is 1. The molecule has 0 radical (unpaired) electrons. The van der Waals surface area contributed by atoms with Gasteiger partial charge in [0.2, 0.25) is 0 Å². The zero-order valence-corrected chi connectivity index (χ0v) is 15.1. The summed E-state index contributed by atoms with van der Waals surface area (Å²) in [4.78, 5) is 26.3. The minimum absolute atomic E-state index is 0.0452. The molecule has 1 N–H and O–H groups in total. The number of rotatable bonds is 3. The fourth-order valence-electron chi connectivity index (χ4n) is 2.71. The first-order valence-electron chi connectivity index (χ1n) is 7.64. The third kappa shape index (κ3) is 3.99. The molecule has 0 aliphatic carbocycles. The van der Waals surface area contributed by atoms with E-state index in [1.165, 1.54) is 0 Å². The first kappa shape index (κ1) is 17.0. The molecule has 3 rings (SSSR count). The van der Waals surface area contributed by atoms with Crippen molar-refractivity contribution in [1.82, 2.24) is 10.2 Å². The second-order valence-corrected chi connectivity index (χ2v) is 6.87. The monoisotopic (exact) mass is 410 g/mol. The number of furan rings is 1. The average molecular weight is 412 g/mol. The third-order valence-electron chi connectivity index (χ3n) is 3.99. The molecule has 2 aromatic rings. The molecule has 0 saturated carbocycles. The van der Waals surface area contributed by atoms with E-state index in [1.807, 2.05) is 0 Å². The highest BCUT2D eigenvalue weighted by Gasteiger charge is 2.26. The summed E-state index contributed by atoms with van der Waals surface area (Å²) in [5, 5.41) is 3.53. The van der Waals surface area contributed by atoms with Crippen molar-refractivity contribution in [3.63, 3.8) is 0 Å². The van der Waals surface area contributed by atoms with Crippen LogP contribution in [0.4, 0.5) is 0 Å². The predicted octanol–water partition coefficient (Wildman–Crippen LogP) is 3.73. The summed E-state index contributed by atoms with van der Waals surface area (Å²) in [6.07, 6.45) is 1.42. The summed E-state index contributed by atoms with van der Waals surface area (Å²) in [6.45, 7) is 1.16. The van der Waals surface area contributed by atoms with Gasteiger partial charge >= 0.3 is 0 Å². The largest absolute Gasteiger partial charge is 0.444 e. The van der Waals surface area contributed by atoms with Gasteiger partial charge in [-0.2, -0.15) is 0 Å². The molecular formula is C17H16BrClN2O3. The van der Waals surface area contributed by atoms with Gasteiger partial charge in [-0.3, -0.25) is 9.59 Å². The van der Waals surface area contributed by atoms with Crippen LogP contribution >= 0.6 is 27.5 Å². The van der Waals surface area contributed by atoms with Crippen molar-refractivity contribution in [2.75, 3.05) is 13.1 Å². The van der Waals surface area contributed by atoms with Gasteiger partial charge in [0.25, 0.3) is 11.8 Å². The van der Waals surface area contributed by atoms with Crippen molar-refractivity contribution < 1.29 is 14.0 Å². The van der Waals surface area contributed by atoms with E-state index in [1.54, 1.807) is 41.3 Å². The van der Waals surface area contributed by atoms with E-state index in [4.69, 9.17) is 16.0 Å². The summed E-state index contributed by atoms with van der Waals surface area (Å²) < 4.78 is 5.84. The number of amides is 2. The van der Waals surface area contributed by atoms with E-state index < -0.39 is 0 Å². The van der Waals surface area contributed by atoms with Crippen molar-refractivity contribution in [3.8, 4) is 0 Å². The molecule has 1 aromatic heterocycles. The Bertz CT molecular complexity index is 754. The van der Waals surface area contributed by atoms with Gasteiger partial charge in [0.1, 0.15) is 0 Å². The van der Waals surface area contributed by atoms with Gasteiger partial charge in [-0.15, -0.1) is 0 Å². The number of nitrogens with one attached hydrogen (secondary N) is 1. The van der Waals surface area contributed by atoms with Gasteiger partial charge in [0.05, 0.1) is 0 Å². The van der Waals surface area contributed by atoms with Crippen LogP contribution in [0.25, 0.3) is 0 Å². The lowest BCUT2D eigenvalue weighted by molar-refractivity contribution is 0.0666. The Kier molecular flexibility index (Phi) is 5.26. The van der Waals surface area contributed by atoms with Gasteiger partial charge in [0.15, 0.2) is 10.4 Å². The average Bonchev–Trinajstić information content (AvgIpc) is 3.01. The number of halogens is 2. The summed E-state index contributed by atoms with van der Waals surface area (Å²) in [6, 6.07) is 10.3. The van der Waals surface area contributed by atoms with Crippen molar-refractivity contribution >= 4 is 39.3 Å². The quantitative estimate of drug-likeness (QED) is 0.837. The SMILES string of the molecule is O=C(NC1CCN(C(=O)c2ccc(Br)o2)CC1)c1cccc(Cl)c1. The fraction of sp³-hybridized carbons (Fsp3) is 0.294. The Morgan fingerprint density at radius 1 is 1.21 bits per heavy atom. The highest BCUT2D eigenvalue weighted by Crippen LogP contribution is 2.19. The molecule has 126 valence electrons. The molecule has 2 amide bonds. The molecule has 2 heterocycles. The molecule has 1 aliphatic rings. The van der Waals surface area contributed by atoms with E-state index in [0.29, 0.717) is 46.9 Å². The second-order valence-electron chi connectivity index (χ2n) is 5.65. The van der Waals surface area contributed by atoms with Crippen LogP contribution in [-0.4, -0.2) is 35.8 Å². The molecule has 0 atom stereocenters. The Morgan fingerprint density at radius 3 is 2.58 bits per heavy atom. The Balaban J connectivity index is 1.53. The zero-order chi connectivity index (χ0) is 17.1. The molecule has 7 heteroatoms. The van der Waals surface area contributed by atoms with Crippen molar-refractivity contribution in [2.24, 2.45) is 0 Å². The molecule has 1 aromatic carbocycles. The van der Waals surface area contributed by atoms with Crippen LogP contribution < -0.4 is 5.32 Å². The molecule has 24 heavy (non-hydrogen) atoms. The van der Waals surface area contributed by atoms with Crippen molar-refractivity contribution in [2.45, 2.75) is 18.9 Å². The molecule has 0 unspecified atom stereocenters. The van der Waals surface area contributed by atoms with Crippen molar-refractivity contribution in [3.05, 3.63) is 57.4 Å². The lowest BCUT2D eigenvalue weighted by Crippen LogP contribution is -2.46. The first-order valence-corrected chi connectivity index (χ1v) is 8.81. The van der Waals surface area contributed by atoms with Crippen LogP contribution in [0.5, 0.6) is 0 Å².